The normalized spacial score (nSPS) is 18.3. The van der Waals surface area contributed by atoms with Crippen LogP contribution in [0.2, 0.25) is 17.5 Å². The van der Waals surface area contributed by atoms with E-state index in [9.17, 15) is 92.4 Å². The Morgan fingerprint density at radius 2 is 0.775 bits per heavy atom. The number of nitrogen functional groups attached to an aromatic ring is 3. The molecule has 9 heterocycles. The summed E-state index contributed by atoms with van der Waals surface area (Å²) in [6.07, 6.45) is 0.0564. The van der Waals surface area contributed by atoms with E-state index in [0.717, 1.165) is 59.8 Å². The van der Waals surface area contributed by atoms with E-state index in [1.54, 1.807) is 52.1 Å². The number of nitrogens with one attached hydrogen (secondary N) is 3. The lowest BCUT2D eigenvalue weighted by Gasteiger charge is -2.33. The van der Waals surface area contributed by atoms with Crippen LogP contribution in [0, 0.1) is 20.8 Å². The number of carbonyl (C=O) groups excluding carboxylic acids is 12. The van der Waals surface area contributed by atoms with E-state index in [1.807, 2.05) is 25.1 Å². The highest BCUT2D eigenvalue weighted by atomic mass is 32.1. The van der Waals surface area contributed by atoms with Gasteiger partial charge in [0.2, 0.25) is 0 Å². The van der Waals surface area contributed by atoms with Crippen LogP contribution in [-0.4, -0.2) is 233 Å². The molecule has 6 atom stereocenters. The number of anilines is 3. The number of hydrogen-bond donors (Lipinski definition) is 11. The molecule has 0 spiro atoms. The fourth-order valence-electron chi connectivity index (χ4n) is 13.5. The summed E-state index contributed by atoms with van der Waals surface area (Å²) in [7, 11) is -4.17. The molecule has 43 heteroatoms. The summed E-state index contributed by atoms with van der Waals surface area (Å²) in [6, 6.07) is 5.38. The molecule has 37 nitrogen and oxygen atoms in total. The number of benzene rings is 3. The van der Waals surface area contributed by atoms with Crippen molar-refractivity contribution in [3.05, 3.63) is 120 Å². The third-order valence-electron chi connectivity index (χ3n) is 19.2. The summed E-state index contributed by atoms with van der Waals surface area (Å²) in [5.41, 5.74) is 21.7. The van der Waals surface area contributed by atoms with Gasteiger partial charge in [0.1, 0.15) is 46.5 Å². The molecular formula is C68H78B3N15O22S3. The average Bonchev–Trinajstić information content (AvgIpc) is 0.958. The second-order valence-corrected chi connectivity index (χ2v) is 29.4. The molecule has 0 aliphatic carbocycles. The molecule has 0 radical (unpaired) electrons. The number of thiazole rings is 3. The van der Waals surface area contributed by atoms with E-state index in [-0.39, 0.29) is 126 Å². The second kappa shape index (κ2) is 35.1. The molecule has 6 aliphatic rings. The van der Waals surface area contributed by atoms with Crippen LogP contribution < -0.4 is 47.1 Å². The van der Waals surface area contributed by atoms with E-state index in [2.05, 4.69) is 30.9 Å². The minimum Gasteiger partial charge on any atom is -0.536 e. The molecule has 0 bridgehead atoms. The van der Waals surface area contributed by atoms with Crippen LogP contribution in [0.25, 0.3) is 0 Å². The topological polar surface area (TPSA) is 540 Å². The van der Waals surface area contributed by atoms with Gasteiger partial charge in [-0.05, 0) is 106 Å². The predicted octanol–water partition coefficient (Wildman–Crippen LogP) is 2.16. The molecule has 6 aliphatic heterocycles. The van der Waals surface area contributed by atoms with Crippen LogP contribution in [0.5, 0.6) is 17.2 Å². The Labute approximate surface area is 646 Å². The molecule has 3 aromatic heterocycles. The number of aromatic carboxylic acids is 2. The zero-order valence-corrected chi connectivity index (χ0v) is 63.2. The highest BCUT2D eigenvalue weighted by Gasteiger charge is 2.46. The minimum atomic E-state index is -1.48. The van der Waals surface area contributed by atoms with Crippen molar-refractivity contribution in [2.24, 2.45) is 0 Å². The summed E-state index contributed by atoms with van der Waals surface area (Å²) in [5.74, 6) is -10.7. The number of aromatic nitrogens is 3. The lowest BCUT2D eigenvalue weighted by atomic mass is 9.64. The average molecular weight is 1590 g/mol. The number of nitrogens with two attached hydrogens (primary N) is 3. The Bertz CT molecular complexity index is 4520. The number of piperazine rings is 3. The van der Waals surface area contributed by atoms with Gasteiger partial charge < -0.3 is 87.1 Å². The number of carboxylic acid groups (broad SMARTS) is 2. The lowest BCUT2D eigenvalue weighted by Crippen LogP contribution is -2.58. The molecule has 3 aromatic carbocycles. The lowest BCUT2D eigenvalue weighted by molar-refractivity contribution is -0.153. The van der Waals surface area contributed by atoms with Gasteiger partial charge in [0.05, 0.1) is 17.1 Å². The van der Waals surface area contributed by atoms with E-state index in [1.165, 1.54) is 37.6 Å². The third kappa shape index (κ3) is 18.6. The van der Waals surface area contributed by atoms with Crippen molar-refractivity contribution in [1.29, 1.82) is 0 Å². The number of fused-ring (bicyclic) bond motifs is 3. The van der Waals surface area contributed by atoms with Gasteiger partial charge in [-0.15, -0.1) is 34.0 Å². The van der Waals surface area contributed by atoms with Gasteiger partial charge in [0, 0.05) is 112 Å². The summed E-state index contributed by atoms with van der Waals surface area (Å²) < 4.78 is 16.7. The number of carboxylic acids is 2. The van der Waals surface area contributed by atoms with E-state index >= 15 is 0 Å². The molecule has 12 rings (SSSR count). The Kier molecular flexibility index (Phi) is 26.0. The maximum atomic E-state index is 13.5. The fraction of sp³-hybridized carbons (Fsp3) is 0.397. The number of urea groups is 3. The maximum Gasteiger partial charge on any atom is 0.526 e. The van der Waals surface area contributed by atoms with Gasteiger partial charge in [-0.1, -0.05) is 30.3 Å². The van der Waals surface area contributed by atoms with Crippen LogP contribution in [-0.2, 0) is 62.4 Å². The van der Waals surface area contributed by atoms with Crippen molar-refractivity contribution in [2.75, 3.05) is 76.1 Å². The largest absolute Gasteiger partial charge is 0.536 e. The quantitative estimate of drug-likeness (QED) is 0.0385. The molecule has 12 amide bonds. The number of aryl methyl sites for hydroxylation is 3. The standard InChI is InChI=1S/2C23H26BN5O8S.C22H26BN5O6S/c2*1-3-28-4-5-29(20(32)19(28)31)23(35)27-17(15-10-38-22(25)26-15)16(30)9-13-8-12-6-11(2)7-14(21(33)34)18(12)37-24(13)36;1-3-27-7-8-28(20(31)19(27)30)22(32)26-17(15-11-35-21(24)25-15)16(29)10-14-9-13-6-4-5-12(2)18(13)34-23(14)33/h2*6-7,10,13,17,36H,3-5,8-9H2,1-2H3,(H2,25,26)(H,27,35)(H,33,34);4-6,11,14,17,33H,3,7-10H2,1-2H3,(H2,24,25)(H,26,32)/t2*13-,17?;14-,17+/m111/s1. The van der Waals surface area contributed by atoms with E-state index in [4.69, 9.17) is 31.2 Å². The SMILES string of the molecule is CCN1CCN(C(=O)NC(C(=O)C[C@H]2Cc3cc(C)cc(C(=O)O)c3OB2O)c2csc(N)n2)C(=O)C1=O.CCN1CCN(C(=O)NC(C(=O)C[C@H]2Cc3cc(C)cc(C(=O)O)c3OB2O)c2csc(N)n2)C(=O)C1=O.CCN1CCN(C(=O)N[C@H](C(=O)C[C@H]2Cc3cccc(C)c3OB2O)c2csc(N)n2)C(=O)C1=O. The number of nitrogens with zero attached hydrogens (tertiary/aromatic N) is 9. The molecule has 0 saturated carbocycles. The summed E-state index contributed by atoms with van der Waals surface area (Å²) in [6.45, 7) is 12.0. The Morgan fingerprint density at radius 1 is 0.468 bits per heavy atom. The van der Waals surface area contributed by atoms with E-state index in [0.29, 0.717) is 54.1 Å². The van der Waals surface area contributed by atoms with Crippen LogP contribution in [0.1, 0.15) is 129 Å². The number of amides is 12. The molecule has 2 unspecified atom stereocenters. The smallest absolute Gasteiger partial charge is 0.526 e. The Hall–Kier alpha value is -11.4. The number of likely N-dealkylation sites (N-methyl/N-ethyl adjacent to an activating group) is 3. The summed E-state index contributed by atoms with van der Waals surface area (Å²) in [5, 5.41) is 63.3. The Balaban J connectivity index is 0.000000177. The van der Waals surface area contributed by atoms with Gasteiger partial charge in [-0.2, -0.15) is 0 Å². The van der Waals surface area contributed by atoms with Gasteiger partial charge in [-0.3, -0.25) is 57.9 Å². The van der Waals surface area contributed by atoms with E-state index < -0.39 is 140 Å². The molecule has 3 saturated heterocycles. The zero-order chi connectivity index (χ0) is 80.7. The molecule has 3 fully saturated rings. The summed E-state index contributed by atoms with van der Waals surface area (Å²) >= 11 is 3.21. The number of imide groups is 3. The van der Waals surface area contributed by atoms with Gasteiger partial charge >= 0.3 is 86.8 Å². The zero-order valence-electron chi connectivity index (χ0n) is 60.7. The second-order valence-electron chi connectivity index (χ2n) is 26.7. The number of carbonyl (C=O) groups is 14. The number of rotatable bonds is 20. The number of ketones is 3. The van der Waals surface area contributed by atoms with Crippen LogP contribution in [0.3, 0.4) is 0 Å². The Morgan fingerprint density at radius 3 is 1.06 bits per heavy atom. The molecule has 14 N–H and O–H groups in total. The van der Waals surface area contributed by atoms with Crippen molar-refractivity contribution in [2.45, 2.75) is 116 Å². The molecule has 6 aromatic rings. The van der Waals surface area contributed by atoms with Crippen molar-refractivity contribution >= 4 is 154 Å². The van der Waals surface area contributed by atoms with Crippen molar-refractivity contribution < 1.29 is 106 Å². The number of para-hydroxylation sites is 1. The van der Waals surface area contributed by atoms with Crippen LogP contribution in [0.4, 0.5) is 29.8 Å². The first-order valence-electron chi connectivity index (χ1n) is 35.0. The van der Waals surface area contributed by atoms with Gasteiger partial charge in [-0.25, -0.2) is 38.9 Å². The summed E-state index contributed by atoms with van der Waals surface area (Å²) in [4.78, 5) is 195. The van der Waals surface area contributed by atoms with Crippen LogP contribution in [0.15, 0.2) is 58.6 Å². The maximum absolute atomic E-state index is 13.5. The predicted molar refractivity (Wildman–Crippen MR) is 400 cm³/mol. The highest BCUT2D eigenvalue weighted by molar-refractivity contribution is 7.14. The number of Topliss-reactive ketones (excluding diaryl/α,β-unsaturated/α-hetero) is 3. The van der Waals surface area contributed by atoms with Crippen molar-refractivity contribution in [3.8, 4) is 17.2 Å². The first-order chi connectivity index (χ1) is 52.7. The minimum absolute atomic E-state index is 0.00960. The highest BCUT2D eigenvalue weighted by Crippen LogP contribution is 2.42. The monoisotopic (exact) mass is 1590 g/mol. The number of hydrogen-bond acceptors (Lipinski definition) is 29. The van der Waals surface area contributed by atoms with Crippen molar-refractivity contribution in [3.63, 3.8) is 0 Å². The molecule has 111 heavy (non-hydrogen) atoms. The van der Waals surface area contributed by atoms with Crippen LogP contribution >= 0.6 is 34.0 Å². The van der Waals surface area contributed by atoms with Crippen molar-refractivity contribution in [1.82, 2.24) is 60.3 Å². The third-order valence-corrected chi connectivity index (χ3v) is 21.3. The first kappa shape index (κ1) is 82.1. The van der Waals surface area contributed by atoms with Gasteiger partial charge in [0.15, 0.2) is 32.7 Å². The molecule has 584 valence electrons. The molecular weight excluding hydrogens is 1510 g/mol. The first-order valence-corrected chi connectivity index (χ1v) is 37.6. The fourth-order valence-corrected chi connectivity index (χ4v) is 15.2. The van der Waals surface area contributed by atoms with Gasteiger partial charge in [0.25, 0.3) is 0 Å².